The smallest absolute Gasteiger partial charge is 0.372 e. The van der Waals surface area contributed by atoms with E-state index < -0.39 is 9.90 Å². The fourth-order valence-electron chi connectivity index (χ4n) is 0. The van der Waals surface area contributed by atoms with Gasteiger partial charge < -0.3 is 5.11 Å². The molecule has 0 aromatic rings. The third-order valence-electron chi connectivity index (χ3n) is 0.398. The van der Waals surface area contributed by atoms with Gasteiger partial charge in [-0.1, -0.05) is 11.6 Å². The van der Waals surface area contributed by atoms with E-state index in [2.05, 4.69) is 0 Å². The molecule has 1 unspecified atom stereocenters. The molecule has 0 aliphatic heterocycles. The van der Waals surface area contributed by atoms with Gasteiger partial charge in [0.25, 0.3) is 0 Å². The van der Waals surface area contributed by atoms with Gasteiger partial charge in [-0.3, -0.25) is 0 Å². The molecule has 0 aromatic heterocycles. The number of aliphatic hydroxyl groups is 1. The second kappa shape index (κ2) is 4.35. The van der Waals surface area contributed by atoms with Crippen molar-refractivity contribution in [3.05, 3.63) is 0 Å². The normalized spacial score (nSPS) is 17.2. The number of hydrogen-bond acceptors (Lipinski definition) is 1. The first-order valence-corrected chi connectivity index (χ1v) is 2.89. The van der Waals surface area contributed by atoms with Crippen LogP contribution in [-0.4, -0.2) is 15.0 Å². The molecule has 0 bridgehead atoms. The van der Waals surface area contributed by atoms with Gasteiger partial charge in [-0.05, 0) is 6.92 Å². The van der Waals surface area contributed by atoms with Gasteiger partial charge in [0.15, 0.2) is 5.06 Å². The van der Waals surface area contributed by atoms with Crippen LogP contribution in [0.25, 0.3) is 0 Å². The van der Waals surface area contributed by atoms with Crippen LogP contribution in [0.3, 0.4) is 0 Å². The summed E-state index contributed by atoms with van der Waals surface area (Å²) in [4.78, 5) is -0.936. The fraction of sp³-hybridized carbons (Fsp3) is 1.00. The molecule has 0 spiro atoms. The van der Waals surface area contributed by atoms with Gasteiger partial charge in [0.2, 0.25) is 0 Å². The molecule has 1 N–H and O–H groups in total. The van der Waals surface area contributed by atoms with Crippen LogP contribution < -0.4 is 0 Å². The van der Waals surface area contributed by atoms with E-state index in [1.54, 1.807) is 0 Å². The molecular formula is C3H5Cl3MoO+5. The van der Waals surface area contributed by atoms with Crippen LogP contribution in [-0.2, 0) is 21.1 Å². The van der Waals surface area contributed by atoms with E-state index in [4.69, 9.17) is 39.9 Å². The second-order valence-corrected chi connectivity index (χ2v) is 3.19. The summed E-state index contributed by atoms with van der Waals surface area (Å²) < 4.78 is 0. The second-order valence-electron chi connectivity index (χ2n) is 1.32. The maximum absolute atomic E-state index is 8.60. The molecule has 0 amide bonds. The molecule has 0 heterocycles. The first kappa shape index (κ1) is 12.2. The molecule has 0 saturated heterocycles. The average Bonchev–Trinajstić information content (AvgIpc) is 1.31. The summed E-state index contributed by atoms with van der Waals surface area (Å²) in [6, 6.07) is 0. The molecule has 0 fully saturated rings. The van der Waals surface area contributed by atoms with Crippen LogP contribution in [0, 0.1) is 0 Å². The number of alkyl halides is 3. The van der Waals surface area contributed by atoms with E-state index in [1.165, 1.54) is 6.92 Å². The summed E-state index contributed by atoms with van der Waals surface area (Å²) in [5.74, 6) is 0. The molecule has 1 atom stereocenters. The Balaban J connectivity index is 0. The van der Waals surface area contributed by atoms with Crippen molar-refractivity contribution in [2.75, 3.05) is 0 Å². The Labute approximate surface area is 77.6 Å². The molecule has 0 aliphatic carbocycles. The minimum Gasteiger partial charge on any atom is -0.372 e. The predicted molar refractivity (Wildman–Crippen MR) is 32.0 cm³/mol. The molecule has 0 aromatic carbocycles. The Morgan fingerprint density at radius 1 is 1.50 bits per heavy atom. The van der Waals surface area contributed by atoms with Crippen molar-refractivity contribution in [3.63, 3.8) is 0 Å². The molecule has 1 radical (unpaired) electrons. The fourth-order valence-corrected chi connectivity index (χ4v) is 0. The van der Waals surface area contributed by atoms with Crippen molar-refractivity contribution in [1.29, 1.82) is 0 Å². The number of rotatable bonds is 1. The molecule has 0 saturated carbocycles. The monoisotopic (exact) mass is 260 g/mol. The Bertz CT molecular complexity index is 60.0. The maximum Gasteiger partial charge on any atom is 5.00 e. The summed E-state index contributed by atoms with van der Waals surface area (Å²) in [5, 5.41) is 7.10. The topological polar surface area (TPSA) is 20.2 Å². The summed E-state index contributed by atoms with van der Waals surface area (Å²) in [5.41, 5.74) is 0. The summed E-state index contributed by atoms with van der Waals surface area (Å²) in [6.45, 7) is 1.32. The Kier molecular flexibility index (Phi) is 6.65. The summed E-state index contributed by atoms with van der Waals surface area (Å²) in [6.07, 6.45) is 0. The predicted octanol–water partition coefficient (Wildman–Crippen LogP) is 1.73. The minimum atomic E-state index is -1.50. The van der Waals surface area contributed by atoms with Gasteiger partial charge >= 0.3 is 21.1 Å². The first-order valence-electron chi connectivity index (χ1n) is 1.64. The Morgan fingerprint density at radius 2 is 1.62 bits per heavy atom. The maximum atomic E-state index is 8.60. The van der Waals surface area contributed by atoms with Gasteiger partial charge in [0, 0.05) is 0 Å². The zero-order chi connectivity index (χ0) is 6.08. The quantitative estimate of drug-likeness (QED) is 0.562. The average molecular weight is 259 g/mol. The van der Waals surface area contributed by atoms with Crippen molar-refractivity contribution in [2.45, 2.75) is 16.8 Å². The van der Waals surface area contributed by atoms with Gasteiger partial charge in [-0.15, -0.1) is 23.2 Å². The third kappa shape index (κ3) is 5.65. The molecule has 0 aliphatic rings. The molecule has 45 valence electrons. The van der Waals surface area contributed by atoms with Gasteiger partial charge in [0.05, 0.1) is 0 Å². The van der Waals surface area contributed by atoms with Gasteiger partial charge in [0.1, 0.15) is 4.84 Å². The standard InChI is InChI=1S/C3H5Cl3O.Mo/c1-3(6,7)2(4)5;/h2,7H,1H3;/q;+5. The van der Waals surface area contributed by atoms with Crippen LogP contribution in [0.4, 0.5) is 0 Å². The van der Waals surface area contributed by atoms with Crippen LogP contribution in [0.2, 0.25) is 0 Å². The van der Waals surface area contributed by atoms with Crippen molar-refractivity contribution in [1.82, 2.24) is 0 Å². The van der Waals surface area contributed by atoms with Crippen molar-refractivity contribution >= 4 is 34.8 Å². The van der Waals surface area contributed by atoms with E-state index in [9.17, 15) is 0 Å². The number of halogens is 3. The third-order valence-corrected chi connectivity index (χ3v) is 1.69. The van der Waals surface area contributed by atoms with E-state index in [1.807, 2.05) is 0 Å². The molecule has 5 heteroatoms. The van der Waals surface area contributed by atoms with E-state index >= 15 is 0 Å². The van der Waals surface area contributed by atoms with E-state index in [-0.39, 0.29) is 21.1 Å². The zero-order valence-corrected chi connectivity index (χ0v) is 8.34. The minimum absolute atomic E-state index is 0. The van der Waals surface area contributed by atoms with Crippen LogP contribution in [0.1, 0.15) is 6.92 Å². The van der Waals surface area contributed by atoms with Crippen molar-refractivity contribution < 1.29 is 26.2 Å². The Morgan fingerprint density at radius 3 is 1.62 bits per heavy atom. The summed E-state index contributed by atoms with van der Waals surface area (Å²) in [7, 11) is 0. The van der Waals surface area contributed by atoms with Gasteiger partial charge in [-0.2, -0.15) is 0 Å². The van der Waals surface area contributed by atoms with Crippen LogP contribution in [0.15, 0.2) is 0 Å². The number of hydrogen-bond donors (Lipinski definition) is 1. The molecule has 8 heavy (non-hydrogen) atoms. The van der Waals surface area contributed by atoms with Crippen LogP contribution in [0.5, 0.6) is 0 Å². The van der Waals surface area contributed by atoms with Crippen molar-refractivity contribution in [2.24, 2.45) is 0 Å². The zero-order valence-electron chi connectivity index (χ0n) is 4.07. The molecule has 0 rings (SSSR count). The molecule has 1 nitrogen and oxygen atoms in total. The van der Waals surface area contributed by atoms with E-state index in [0.29, 0.717) is 0 Å². The van der Waals surface area contributed by atoms with Crippen molar-refractivity contribution in [3.8, 4) is 0 Å². The van der Waals surface area contributed by atoms with E-state index in [0.717, 1.165) is 0 Å². The molecular weight excluding hydrogens is 254 g/mol. The Hall–Kier alpha value is 1.52. The van der Waals surface area contributed by atoms with Crippen LogP contribution >= 0.6 is 34.8 Å². The van der Waals surface area contributed by atoms with Gasteiger partial charge in [-0.25, -0.2) is 0 Å². The SMILES string of the molecule is CC(O)(Cl)C(Cl)Cl.[Mo+5]. The first-order chi connectivity index (χ1) is 2.94. The summed E-state index contributed by atoms with van der Waals surface area (Å²) >= 11 is 15.4. The largest absolute Gasteiger partial charge is 5.00 e.